The summed E-state index contributed by atoms with van der Waals surface area (Å²) in [6.45, 7) is 0. The van der Waals surface area contributed by atoms with Gasteiger partial charge in [-0.1, -0.05) is 12.5 Å². The van der Waals surface area contributed by atoms with Crippen molar-refractivity contribution >= 4 is 0 Å². The molecular formula is C20H19F3N4. The van der Waals surface area contributed by atoms with E-state index in [1.54, 1.807) is 6.07 Å². The molecule has 0 amide bonds. The first-order chi connectivity index (χ1) is 13.0. The second-order valence-corrected chi connectivity index (χ2v) is 6.45. The highest BCUT2D eigenvalue weighted by atomic mass is 19.1. The third-order valence-electron chi connectivity index (χ3n) is 4.61. The molecule has 4 rings (SSSR count). The van der Waals surface area contributed by atoms with Crippen LogP contribution in [0.15, 0.2) is 36.5 Å². The Bertz CT molecular complexity index is 799. The van der Waals surface area contributed by atoms with Gasteiger partial charge in [0.2, 0.25) is 11.9 Å². The molecule has 0 aromatic carbocycles. The normalized spacial score (nSPS) is 16.6. The van der Waals surface area contributed by atoms with Crippen LogP contribution in [0.2, 0.25) is 0 Å². The summed E-state index contributed by atoms with van der Waals surface area (Å²) < 4.78 is 36.2. The van der Waals surface area contributed by atoms with Crippen LogP contribution >= 0.6 is 0 Å². The van der Waals surface area contributed by atoms with Crippen LogP contribution in [-0.4, -0.2) is 9.97 Å². The minimum atomic E-state index is -0.787. The lowest BCUT2D eigenvalue weighted by molar-refractivity contribution is 0.315. The van der Waals surface area contributed by atoms with Crippen molar-refractivity contribution in [3.05, 3.63) is 59.9 Å². The average molecular weight is 372 g/mol. The van der Waals surface area contributed by atoms with Crippen LogP contribution in [0.1, 0.15) is 44.2 Å². The summed E-state index contributed by atoms with van der Waals surface area (Å²) in [7, 11) is 0. The molecule has 27 heavy (non-hydrogen) atoms. The van der Waals surface area contributed by atoms with Crippen molar-refractivity contribution in [1.29, 1.82) is 10.5 Å². The van der Waals surface area contributed by atoms with Crippen molar-refractivity contribution in [3.8, 4) is 12.1 Å². The van der Waals surface area contributed by atoms with Crippen LogP contribution in [-0.2, 0) is 5.41 Å². The van der Waals surface area contributed by atoms with Gasteiger partial charge in [0.25, 0.3) is 0 Å². The lowest BCUT2D eigenvalue weighted by Gasteiger charge is -2.34. The molecule has 0 bridgehead atoms. The lowest BCUT2D eigenvalue weighted by atomic mass is 9.67. The van der Waals surface area contributed by atoms with Crippen LogP contribution < -0.4 is 0 Å². The Labute approximate surface area is 156 Å². The summed E-state index contributed by atoms with van der Waals surface area (Å²) in [5.41, 5.74) is 0.288. The fourth-order valence-corrected chi connectivity index (χ4v) is 2.54. The molecule has 0 unspecified atom stereocenters. The van der Waals surface area contributed by atoms with E-state index in [9.17, 15) is 13.2 Å². The Kier molecular flexibility index (Phi) is 7.31. The summed E-state index contributed by atoms with van der Waals surface area (Å²) in [5, 5.41) is 17.1. The molecule has 0 N–H and O–H groups in total. The first-order valence-electron chi connectivity index (χ1n) is 8.70. The van der Waals surface area contributed by atoms with Crippen molar-refractivity contribution in [2.75, 3.05) is 0 Å². The van der Waals surface area contributed by atoms with Crippen molar-refractivity contribution in [2.24, 2.45) is 5.92 Å². The van der Waals surface area contributed by atoms with Gasteiger partial charge < -0.3 is 0 Å². The zero-order valence-corrected chi connectivity index (χ0v) is 14.7. The topological polar surface area (TPSA) is 73.4 Å². The van der Waals surface area contributed by atoms with E-state index in [0.717, 1.165) is 44.2 Å². The molecule has 2 aliphatic rings. The molecule has 2 aliphatic carbocycles. The van der Waals surface area contributed by atoms with Crippen LogP contribution in [0, 0.1) is 46.3 Å². The van der Waals surface area contributed by atoms with Crippen LogP contribution in [0.5, 0.6) is 0 Å². The Balaban J connectivity index is 0.000000159. The predicted molar refractivity (Wildman–Crippen MR) is 92.4 cm³/mol. The molecule has 2 aromatic heterocycles. The number of pyridine rings is 2. The van der Waals surface area contributed by atoms with Gasteiger partial charge in [-0.3, -0.25) is 4.98 Å². The van der Waals surface area contributed by atoms with Crippen LogP contribution in [0.25, 0.3) is 0 Å². The van der Waals surface area contributed by atoms with E-state index in [0.29, 0.717) is 11.6 Å². The SMILES string of the molecule is Fc1cccc(F)n1.N#CC1(c2ccc(F)cn2)CCC1.N#CC1CCC1. The highest BCUT2D eigenvalue weighted by Gasteiger charge is 2.40. The van der Waals surface area contributed by atoms with E-state index in [4.69, 9.17) is 10.5 Å². The van der Waals surface area contributed by atoms with Gasteiger partial charge in [0, 0.05) is 5.92 Å². The number of aromatic nitrogens is 2. The minimum Gasteiger partial charge on any atom is -0.257 e. The van der Waals surface area contributed by atoms with Gasteiger partial charge in [0.05, 0.1) is 29.4 Å². The smallest absolute Gasteiger partial charge is 0.215 e. The number of nitrogens with zero attached hydrogens (tertiary/aromatic N) is 4. The van der Waals surface area contributed by atoms with Gasteiger partial charge in [0.15, 0.2) is 0 Å². The summed E-state index contributed by atoms with van der Waals surface area (Å²) in [5.74, 6) is -1.50. The Morgan fingerprint density at radius 3 is 1.89 bits per heavy atom. The maximum Gasteiger partial charge on any atom is 0.215 e. The van der Waals surface area contributed by atoms with Crippen molar-refractivity contribution in [1.82, 2.24) is 9.97 Å². The summed E-state index contributed by atoms with van der Waals surface area (Å²) >= 11 is 0. The van der Waals surface area contributed by atoms with E-state index in [-0.39, 0.29) is 5.82 Å². The molecule has 140 valence electrons. The quantitative estimate of drug-likeness (QED) is 0.672. The molecule has 0 spiro atoms. The number of rotatable bonds is 1. The number of hydrogen-bond acceptors (Lipinski definition) is 4. The highest BCUT2D eigenvalue weighted by molar-refractivity contribution is 5.29. The first-order valence-corrected chi connectivity index (χ1v) is 8.70. The van der Waals surface area contributed by atoms with Gasteiger partial charge in [-0.2, -0.15) is 24.3 Å². The molecule has 4 nitrogen and oxygen atoms in total. The number of halogens is 3. The fraction of sp³-hybridized carbons (Fsp3) is 0.400. The Morgan fingerprint density at radius 1 is 0.963 bits per heavy atom. The second kappa shape index (κ2) is 9.68. The molecule has 0 atom stereocenters. The van der Waals surface area contributed by atoms with E-state index < -0.39 is 17.3 Å². The van der Waals surface area contributed by atoms with Gasteiger partial charge in [-0.05, 0) is 56.4 Å². The average Bonchev–Trinajstić information content (AvgIpc) is 2.56. The van der Waals surface area contributed by atoms with Crippen LogP contribution in [0.3, 0.4) is 0 Å². The number of hydrogen-bond donors (Lipinski definition) is 0. The molecule has 2 heterocycles. The monoisotopic (exact) mass is 372 g/mol. The van der Waals surface area contributed by atoms with E-state index in [1.807, 2.05) is 0 Å². The van der Waals surface area contributed by atoms with Gasteiger partial charge in [0.1, 0.15) is 5.82 Å². The molecule has 2 fully saturated rings. The van der Waals surface area contributed by atoms with E-state index >= 15 is 0 Å². The zero-order chi connectivity index (χ0) is 19.7. The van der Waals surface area contributed by atoms with E-state index in [2.05, 4.69) is 22.1 Å². The Morgan fingerprint density at radius 2 is 1.63 bits per heavy atom. The summed E-state index contributed by atoms with van der Waals surface area (Å²) in [4.78, 5) is 6.79. The van der Waals surface area contributed by atoms with Crippen LogP contribution in [0.4, 0.5) is 13.2 Å². The third-order valence-corrected chi connectivity index (χ3v) is 4.61. The van der Waals surface area contributed by atoms with Crippen molar-refractivity contribution < 1.29 is 13.2 Å². The standard InChI is InChI=1S/C10H9FN2.C5H3F2N.C5H7N/c11-8-2-3-9(13-6-8)10(7-12)4-1-5-10;6-4-2-1-3-5(7)8-4;6-4-5-2-1-3-5/h2-3,6H,1,4-5H2;1-3H;5H,1-3H2. The third kappa shape index (κ3) is 5.79. The molecular weight excluding hydrogens is 353 g/mol. The van der Waals surface area contributed by atoms with Crippen molar-refractivity contribution in [3.63, 3.8) is 0 Å². The van der Waals surface area contributed by atoms with Gasteiger partial charge in [-0.15, -0.1) is 0 Å². The Hall–Kier alpha value is -2.93. The lowest BCUT2D eigenvalue weighted by Crippen LogP contribution is -2.33. The largest absolute Gasteiger partial charge is 0.257 e. The highest BCUT2D eigenvalue weighted by Crippen LogP contribution is 2.41. The predicted octanol–water partition coefficient (Wildman–Crippen LogP) is 4.84. The molecule has 0 saturated heterocycles. The van der Waals surface area contributed by atoms with Gasteiger partial charge in [-0.25, -0.2) is 4.39 Å². The first kappa shape index (κ1) is 20.4. The van der Waals surface area contributed by atoms with Crippen molar-refractivity contribution in [2.45, 2.75) is 43.9 Å². The minimum absolute atomic E-state index is 0.351. The maximum absolute atomic E-state index is 12.6. The summed E-state index contributed by atoms with van der Waals surface area (Å²) in [6, 6.07) is 10.9. The fourth-order valence-electron chi connectivity index (χ4n) is 2.54. The summed E-state index contributed by atoms with van der Waals surface area (Å²) in [6.07, 6.45) is 7.51. The molecule has 7 heteroatoms. The molecule has 2 saturated carbocycles. The second-order valence-electron chi connectivity index (χ2n) is 6.45. The molecule has 0 aliphatic heterocycles. The molecule has 0 radical (unpaired) electrons. The number of nitriles is 2. The molecule has 2 aromatic rings. The maximum atomic E-state index is 12.6. The van der Waals surface area contributed by atoms with Gasteiger partial charge >= 0.3 is 0 Å². The van der Waals surface area contributed by atoms with E-state index in [1.165, 1.54) is 24.8 Å². The zero-order valence-electron chi connectivity index (χ0n) is 14.7.